The zero-order valence-electron chi connectivity index (χ0n) is 34.6. The number of hydrogen-bond acceptors (Lipinski definition) is 15. The molecule has 4 heterocycles. The average molecular weight is 868 g/mol. The van der Waals surface area contributed by atoms with Crippen LogP contribution >= 0.6 is 0 Å². The molecule has 0 amide bonds. The number of fused-ring (bicyclic) bond motifs is 2. The van der Waals surface area contributed by atoms with E-state index in [1.54, 1.807) is 93.6 Å². The Morgan fingerprint density at radius 1 is 0.823 bits per heavy atom. The predicted octanol–water partition coefficient (Wildman–Crippen LogP) is 3.69. The molecule has 4 aromatic carbocycles. The van der Waals surface area contributed by atoms with Gasteiger partial charge in [0, 0.05) is 47.6 Å². The van der Waals surface area contributed by atoms with Gasteiger partial charge in [-0.25, -0.2) is 9.59 Å². The second-order valence-corrected chi connectivity index (χ2v) is 20.1. The fraction of sp³-hybridized carbons (Fsp3) is 0.435. The van der Waals surface area contributed by atoms with Crippen LogP contribution in [0.2, 0.25) is 0 Å². The lowest BCUT2D eigenvalue weighted by Crippen LogP contribution is -2.67. The Morgan fingerprint density at radius 3 is 2.16 bits per heavy atom. The Bertz CT molecular complexity index is 2700. The monoisotopic (exact) mass is 867 g/mol. The normalized spacial score (nSPS) is 36.5. The van der Waals surface area contributed by atoms with Crippen molar-refractivity contribution < 1.29 is 65.7 Å². The molecule has 16 heteroatoms. The molecule has 12 atom stereocenters. The van der Waals surface area contributed by atoms with Crippen molar-refractivity contribution in [1.82, 2.24) is 0 Å². The van der Waals surface area contributed by atoms with Gasteiger partial charge >= 0.3 is 17.9 Å². The maximum Gasteiger partial charge on any atom is 0.343 e. The Labute approximate surface area is 356 Å². The summed E-state index contributed by atoms with van der Waals surface area (Å²) in [7, 11) is -1.15. The predicted molar refractivity (Wildman–Crippen MR) is 217 cm³/mol. The summed E-state index contributed by atoms with van der Waals surface area (Å²) in [4.78, 5) is 57.3. The molecule has 62 heavy (non-hydrogen) atoms. The number of esters is 3. The van der Waals surface area contributed by atoms with Gasteiger partial charge in [-0.15, -0.1) is 0 Å². The second-order valence-electron chi connectivity index (χ2n) is 18.5. The fourth-order valence-corrected chi connectivity index (χ4v) is 13.6. The Balaban J connectivity index is 1.13. The third kappa shape index (κ3) is 4.74. The van der Waals surface area contributed by atoms with E-state index in [0.717, 1.165) is 5.69 Å². The van der Waals surface area contributed by atoms with Crippen molar-refractivity contribution in [2.75, 3.05) is 19.0 Å². The van der Waals surface area contributed by atoms with E-state index in [2.05, 4.69) is 0 Å². The molecule has 6 fully saturated rings. The van der Waals surface area contributed by atoms with Gasteiger partial charge in [0.15, 0.2) is 23.6 Å². The van der Waals surface area contributed by atoms with Crippen LogP contribution in [0.1, 0.15) is 49.2 Å². The SMILES string of the molecule is C[C@@H]1C(=O)O[C@H]2[C@H](O)[C@@]34[C@@H]5OC(=O)[C@]3(O[C@@H]3OC(=O)[C@H](OCc6ccc(C(=O)c7ccccc7)cc6)[C@]34[C@H](C(C)(C)C)[C@H]5OS(=O)(=O)c3cccc4c(N(C)C)cccc34)[C@@]12O. The molecule has 0 unspecified atom stereocenters. The van der Waals surface area contributed by atoms with Crippen molar-refractivity contribution in [3.8, 4) is 0 Å². The van der Waals surface area contributed by atoms with Crippen LogP contribution in [0.4, 0.5) is 5.69 Å². The molecule has 4 aromatic rings. The highest BCUT2D eigenvalue weighted by Gasteiger charge is 3.05. The summed E-state index contributed by atoms with van der Waals surface area (Å²) in [6, 6.07) is 25.3. The molecule has 10 rings (SSSR count). The standard InChI is InChI=1S/C46H45NO14S/c1-23-38(50)57-36-34(49)44-35-32(61-62(54,55)30-17-11-14-27-28(30)15-10-16-29(27)47(5)6)33(42(2,3)4)43(44)37(39(51)59-41(43)60-46(44,40(52)58-35)45(23,36)53)56-22-24-18-20-26(21-19-24)31(48)25-12-8-7-9-13-25/h7-21,23,32-37,41,49,53H,22H2,1-6H3/t23-,32-,33+,34+,35-,36+,37+,41+,43-,44+,45-,46-/m1/s1. The number of ketones is 1. The maximum absolute atomic E-state index is 14.9. The van der Waals surface area contributed by atoms with Gasteiger partial charge < -0.3 is 38.8 Å². The van der Waals surface area contributed by atoms with Gasteiger partial charge in [0.05, 0.1) is 23.4 Å². The quantitative estimate of drug-likeness (QED) is 0.107. The van der Waals surface area contributed by atoms with Gasteiger partial charge in [-0.3, -0.25) is 13.8 Å². The number of rotatable bonds is 9. The number of aliphatic hydroxyl groups excluding tert-OH is 1. The molecule has 6 aliphatic rings. The number of carbonyl (C=O) groups is 4. The molecule has 4 aliphatic heterocycles. The van der Waals surface area contributed by atoms with Crippen molar-refractivity contribution in [2.24, 2.45) is 28.1 Å². The smallest absolute Gasteiger partial charge is 0.343 e. The molecule has 0 bridgehead atoms. The number of hydrogen-bond donors (Lipinski definition) is 2. The number of carbonyl (C=O) groups excluding carboxylic acids is 4. The van der Waals surface area contributed by atoms with Crippen LogP contribution in [0, 0.1) is 28.1 Å². The molecule has 0 radical (unpaired) electrons. The van der Waals surface area contributed by atoms with Crippen LogP contribution in [0.5, 0.6) is 0 Å². The maximum atomic E-state index is 14.9. The van der Waals surface area contributed by atoms with Crippen molar-refractivity contribution in [3.63, 3.8) is 0 Å². The second kappa shape index (κ2) is 13.2. The van der Waals surface area contributed by atoms with Gasteiger partial charge in [-0.05, 0) is 30.0 Å². The van der Waals surface area contributed by atoms with E-state index >= 15 is 0 Å². The van der Waals surface area contributed by atoms with Gasteiger partial charge in [0.1, 0.15) is 23.2 Å². The summed E-state index contributed by atoms with van der Waals surface area (Å²) in [6.45, 7) is 6.38. The molecule has 15 nitrogen and oxygen atoms in total. The number of anilines is 1. The Hall–Kier alpha value is -5.23. The van der Waals surface area contributed by atoms with E-state index in [4.69, 9.17) is 27.9 Å². The summed E-state index contributed by atoms with van der Waals surface area (Å²) >= 11 is 0. The first-order valence-electron chi connectivity index (χ1n) is 20.4. The lowest BCUT2D eigenvalue weighted by Gasteiger charge is -2.48. The number of aliphatic hydroxyl groups is 2. The van der Waals surface area contributed by atoms with Crippen LogP contribution in [0.3, 0.4) is 0 Å². The molecule has 2 saturated carbocycles. The first kappa shape index (κ1) is 40.8. The van der Waals surface area contributed by atoms with Crippen molar-refractivity contribution in [2.45, 2.75) is 87.2 Å². The van der Waals surface area contributed by atoms with Crippen LogP contribution in [0.25, 0.3) is 10.8 Å². The van der Waals surface area contributed by atoms with Gasteiger partial charge in [0.25, 0.3) is 10.1 Å². The first-order valence-corrected chi connectivity index (χ1v) is 21.8. The van der Waals surface area contributed by atoms with Gasteiger partial charge in [0.2, 0.25) is 11.9 Å². The number of ether oxygens (including phenoxy) is 5. The van der Waals surface area contributed by atoms with Gasteiger partial charge in [-0.2, -0.15) is 8.42 Å². The third-order valence-electron chi connectivity index (χ3n) is 14.4. The van der Waals surface area contributed by atoms with Crippen molar-refractivity contribution in [1.29, 1.82) is 0 Å². The molecule has 0 aromatic heterocycles. The first-order chi connectivity index (χ1) is 29.3. The van der Waals surface area contributed by atoms with E-state index in [1.165, 1.54) is 13.0 Å². The molecule has 2 aliphatic carbocycles. The van der Waals surface area contributed by atoms with E-state index in [1.807, 2.05) is 31.1 Å². The van der Waals surface area contributed by atoms with Crippen LogP contribution < -0.4 is 4.90 Å². The molecular formula is C46H45NO14S. The van der Waals surface area contributed by atoms with E-state index < -0.39 is 104 Å². The minimum atomic E-state index is -4.81. The van der Waals surface area contributed by atoms with Crippen molar-refractivity contribution in [3.05, 3.63) is 108 Å². The number of nitrogens with zero attached hydrogens (tertiary/aromatic N) is 1. The summed E-state index contributed by atoms with van der Waals surface area (Å²) < 4.78 is 67.3. The Morgan fingerprint density at radius 2 is 1.48 bits per heavy atom. The molecule has 324 valence electrons. The lowest BCUT2D eigenvalue weighted by molar-refractivity contribution is -0.240. The molecule has 2 spiro atoms. The fourth-order valence-electron chi connectivity index (χ4n) is 12.3. The van der Waals surface area contributed by atoms with Crippen molar-refractivity contribution >= 4 is 50.3 Å². The van der Waals surface area contributed by atoms with Crippen LogP contribution in [-0.2, 0) is 59.0 Å². The van der Waals surface area contributed by atoms with Gasteiger partial charge in [-0.1, -0.05) is 99.6 Å². The van der Waals surface area contributed by atoms with E-state index in [9.17, 15) is 37.8 Å². The largest absolute Gasteiger partial charge is 0.456 e. The average Bonchev–Trinajstić information content (AvgIpc) is 3.95. The molecular weight excluding hydrogens is 823 g/mol. The van der Waals surface area contributed by atoms with Crippen LogP contribution in [-0.4, -0.2) is 104 Å². The summed E-state index contributed by atoms with van der Waals surface area (Å²) in [5, 5.41) is 26.7. The summed E-state index contributed by atoms with van der Waals surface area (Å²) in [5.41, 5.74) is -8.45. The number of benzene rings is 4. The van der Waals surface area contributed by atoms with E-state index in [0.29, 0.717) is 27.5 Å². The third-order valence-corrected chi connectivity index (χ3v) is 15.8. The lowest BCUT2D eigenvalue weighted by atomic mass is 9.51. The molecule has 4 saturated heterocycles. The highest BCUT2D eigenvalue weighted by Crippen LogP contribution is 2.85. The zero-order chi connectivity index (χ0) is 44.1. The summed E-state index contributed by atoms with van der Waals surface area (Å²) in [6.07, 6.45) is -10.6. The highest BCUT2D eigenvalue weighted by atomic mass is 32.2. The minimum Gasteiger partial charge on any atom is -0.456 e. The topological polar surface area (TPSA) is 202 Å². The summed E-state index contributed by atoms with van der Waals surface area (Å²) in [5.74, 6) is -5.96. The highest BCUT2D eigenvalue weighted by molar-refractivity contribution is 7.87. The van der Waals surface area contributed by atoms with Crippen LogP contribution in [0.15, 0.2) is 95.9 Å². The minimum absolute atomic E-state index is 0.187. The zero-order valence-corrected chi connectivity index (χ0v) is 35.5. The molecule has 2 N–H and O–H groups in total. The van der Waals surface area contributed by atoms with E-state index in [-0.39, 0.29) is 17.3 Å². The Kier molecular flexibility index (Phi) is 8.66.